The van der Waals surface area contributed by atoms with Crippen molar-refractivity contribution in [2.45, 2.75) is 25.9 Å². The molecule has 0 aromatic carbocycles. The molecule has 1 aromatic rings. The summed E-state index contributed by atoms with van der Waals surface area (Å²) >= 11 is 0. The van der Waals surface area contributed by atoms with Gasteiger partial charge in [0.1, 0.15) is 5.69 Å². The number of piperazine rings is 1. The largest absolute Gasteiger partial charge is 0.338 e. The predicted octanol–water partition coefficient (Wildman–Crippen LogP) is 1.19. The van der Waals surface area contributed by atoms with Gasteiger partial charge in [-0.1, -0.05) is 0 Å². The van der Waals surface area contributed by atoms with Gasteiger partial charge in [-0.2, -0.15) is 0 Å². The van der Waals surface area contributed by atoms with E-state index in [4.69, 9.17) is 0 Å². The van der Waals surface area contributed by atoms with Crippen molar-refractivity contribution in [1.29, 1.82) is 0 Å². The van der Waals surface area contributed by atoms with Crippen LogP contribution >= 0.6 is 0 Å². The first-order chi connectivity index (χ1) is 8.59. The van der Waals surface area contributed by atoms with Gasteiger partial charge < -0.3 is 14.8 Å². The second-order valence-corrected chi connectivity index (χ2v) is 4.49. The number of rotatable bonds is 3. The Morgan fingerprint density at radius 1 is 1.61 bits per heavy atom. The van der Waals surface area contributed by atoms with Gasteiger partial charge in [-0.3, -0.25) is 4.79 Å². The zero-order chi connectivity index (χ0) is 13.1. The number of nitrogens with one attached hydrogen (secondary N) is 1. The molecule has 1 saturated heterocycles. The first-order valence-electron chi connectivity index (χ1n) is 6.04. The third-order valence-corrected chi connectivity index (χ3v) is 3.15. The van der Waals surface area contributed by atoms with Crippen molar-refractivity contribution in [2.75, 3.05) is 19.6 Å². The van der Waals surface area contributed by atoms with Crippen molar-refractivity contribution >= 4 is 5.91 Å². The molecular weight excluding hydrogens is 240 g/mol. The number of hydrogen-bond donors (Lipinski definition) is 1. The van der Waals surface area contributed by atoms with Gasteiger partial charge >= 0.3 is 0 Å². The Labute approximate surface area is 105 Å². The second-order valence-electron chi connectivity index (χ2n) is 4.49. The van der Waals surface area contributed by atoms with Crippen LogP contribution in [0.2, 0.25) is 0 Å². The fraction of sp³-hybridized carbons (Fsp3) is 0.583. The molecule has 1 atom stereocenters. The lowest BCUT2D eigenvalue weighted by atomic mass is 10.2. The molecule has 18 heavy (non-hydrogen) atoms. The number of halogens is 2. The number of carbonyl (C=O) groups excluding carboxylic acids is 1. The van der Waals surface area contributed by atoms with Crippen LogP contribution in [-0.4, -0.2) is 47.5 Å². The van der Waals surface area contributed by atoms with Crippen molar-refractivity contribution in [2.24, 2.45) is 0 Å². The second kappa shape index (κ2) is 5.48. The molecule has 0 radical (unpaired) electrons. The summed E-state index contributed by atoms with van der Waals surface area (Å²) in [5.41, 5.74) is 0.337. The summed E-state index contributed by atoms with van der Waals surface area (Å²) in [4.78, 5) is 14.0. The maximum absolute atomic E-state index is 12.4. The average molecular weight is 257 g/mol. The van der Waals surface area contributed by atoms with Gasteiger partial charge in [0, 0.05) is 31.9 Å². The summed E-state index contributed by atoms with van der Waals surface area (Å²) < 4.78 is 26.1. The van der Waals surface area contributed by atoms with E-state index >= 15 is 0 Å². The van der Waals surface area contributed by atoms with E-state index in [1.54, 1.807) is 17.0 Å². The standard InChI is InChI=1S/C12H17F2N3O/c1-9-7-15-4-6-17(9)12(18)10-3-2-5-16(10)8-11(13)14/h2-3,5,9,11,15H,4,6-8H2,1H3/t9-/m0/s1. The molecule has 2 heterocycles. The minimum atomic E-state index is -2.45. The van der Waals surface area contributed by atoms with Crippen LogP contribution in [0, 0.1) is 0 Å². The molecule has 1 aliphatic heterocycles. The van der Waals surface area contributed by atoms with E-state index in [-0.39, 0.29) is 11.9 Å². The van der Waals surface area contributed by atoms with E-state index in [1.807, 2.05) is 6.92 Å². The van der Waals surface area contributed by atoms with Gasteiger partial charge in [0.25, 0.3) is 12.3 Å². The van der Waals surface area contributed by atoms with Gasteiger partial charge in [0.15, 0.2) is 0 Å². The van der Waals surface area contributed by atoms with E-state index in [0.717, 1.165) is 13.1 Å². The lowest BCUT2D eigenvalue weighted by Crippen LogP contribution is -2.52. The SMILES string of the molecule is C[C@H]1CNCCN1C(=O)c1cccn1CC(F)F. The molecular formula is C12H17F2N3O. The van der Waals surface area contributed by atoms with Crippen LogP contribution in [0.3, 0.4) is 0 Å². The highest BCUT2D eigenvalue weighted by atomic mass is 19.3. The highest BCUT2D eigenvalue weighted by molar-refractivity contribution is 5.93. The molecule has 0 aliphatic carbocycles. The number of amides is 1. The van der Waals surface area contributed by atoms with Crippen LogP contribution in [0.4, 0.5) is 8.78 Å². The monoisotopic (exact) mass is 257 g/mol. The molecule has 1 fully saturated rings. The number of aromatic nitrogens is 1. The van der Waals surface area contributed by atoms with Crippen molar-refractivity contribution in [3.8, 4) is 0 Å². The molecule has 0 saturated carbocycles. The third-order valence-electron chi connectivity index (χ3n) is 3.15. The van der Waals surface area contributed by atoms with Crippen LogP contribution in [0.25, 0.3) is 0 Å². The van der Waals surface area contributed by atoms with Crippen LogP contribution in [0.5, 0.6) is 0 Å². The summed E-state index contributed by atoms with van der Waals surface area (Å²) in [6, 6.07) is 3.31. The zero-order valence-corrected chi connectivity index (χ0v) is 10.3. The van der Waals surface area contributed by atoms with Crippen molar-refractivity contribution in [1.82, 2.24) is 14.8 Å². The fourth-order valence-corrected chi connectivity index (χ4v) is 2.21. The van der Waals surface area contributed by atoms with Gasteiger partial charge in [0.2, 0.25) is 0 Å². The molecule has 1 aliphatic rings. The fourth-order valence-electron chi connectivity index (χ4n) is 2.21. The van der Waals surface area contributed by atoms with E-state index in [1.165, 1.54) is 10.8 Å². The van der Waals surface area contributed by atoms with Gasteiger partial charge in [0.05, 0.1) is 6.54 Å². The maximum atomic E-state index is 12.4. The molecule has 6 heteroatoms. The average Bonchev–Trinajstić information content (AvgIpc) is 2.76. The lowest BCUT2D eigenvalue weighted by molar-refractivity contribution is 0.0636. The minimum Gasteiger partial charge on any atom is -0.338 e. The van der Waals surface area contributed by atoms with Crippen molar-refractivity contribution in [3.63, 3.8) is 0 Å². The van der Waals surface area contributed by atoms with E-state index in [9.17, 15) is 13.6 Å². The van der Waals surface area contributed by atoms with Crippen LogP contribution in [-0.2, 0) is 6.54 Å². The number of hydrogen-bond acceptors (Lipinski definition) is 2. The normalized spacial score (nSPS) is 20.4. The molecule has 0 bridgehead atoms. The summed E-state index contributed by atoms with van der Waals surface area (Å²) in [5.74, 6) is -0.172. The van der Waals surface area contributed by atoms with Gasteiger partial charge in [-0.15, -0.1) is 0 Å². The number of nitrogens with zero attached hydrogens (tertiary/aromatic N) is 2. The molecule has 0 unspecified atom stereocenters. The smallest absolute Gasteiger partial charge is 0.270 e. The molecule has 2 rings (SSSR count). The Morgan fingerprint density at radius 2 is 2.39 bits per heavy atom. The predicted molar refractivity (Wildman–Crippen MR) is 63.8 cm³/mol. The molecule has 1 aromatic heterocycles. The molecule has 0 spiro atoms. The maximum Gasteiger partial charge on any atom is 0.270 e. The zero-order valence-electron chi connectivity index (χ0n) is 10.3. The summed E-state index contributed by atoms with van der Waals surface area (Å²) in [5, 5.41) is 3.19. The summed E-state index contributed by atoms with van der Waals surface area (Å²) in [7, 11) is 0. The van der Waals surface area contributed by atoms with Crippen LogP contribution < -0.4 is 5.32 Å². The van der Waals surface area contributed by atoms with Gasteiger partial charge in [-0.25, -0.2) is 8.78 Å². The summed E-state index contributed by atoms with van der Waals surface area (Å²) in [6.45, 7) is 3.60. The highest BCUT2D eigenvalue weighted by Gasteiger charge is 2.26. The Morgan fingerprint density at radius 3 is 3.06 bits per heavy atom. The molecule has 1 N–H and O–H groups in total. The Hall–Kier alpha value is -1.43. The van der Waals surface area contributed by atoms with Crippen LogP contribution in [0.1, 0.15) is 17.4 Å². The highest BCUT2D eigenvalue weighted by Crippen LogP contribution is 2.13. The number of alkyl halides is 2. The Bertz CT molecular complexity index is 419. The molecule has 1 amide bonds. The van der Waals surface area contributed by atoms with Crippen LogP contribution in [0.15, 0.2) is 18.3 Å². The van der Waals surface area contributed by atoms with E-state index < -0.39 is 13.0 Å². The minimum absolute atomic E-state index is 0.0844. The Kier molecular flexibility index (Phi) is 3.96. The summed E-state index contributed by atoms with van der Waals surface area (Å²) in [6.07, 6.45) is -0.934. The van der Waals surface area contributed by atoms with Gasteiger partial charge in [-0.05, 0) is 19.1 Å². The third kappa shape index (κ3) is 2.69. The lowest BCUT2D eigenvalue weighted by Gasteiger charge is -2.34. The quantitative estimate of drug-likeness (QED) is 0.883. The topological polar surface area (TPSA) is 37.3 Å². The number of carbonyl (C=O) groups is 1. The first kappa shape index (κ1) is 13.0. The van der Waals surface area contributed by atoms with Crippen molar-refractivity contribution in [3.05, 3.63) is 24.0 Å². The Balaban J connectivity index is 2.15. The molecule has 100 valence electrons. The molecule has 4 nitrogen and oxygen atoms in total. The van der Waals surface area contributed by atoms with Crippen molar-refractivity contribution < 1.29 is 13.6 Å². The first-order valence-corrected chi connectivity index (χ1v) is 6.04. The van der Waals surface area contributed by atoms with E-state index in [2.05, 4.69) is 5.32 Å². The van der Waals surface area contributed by atoms with E-state index in [0.29, 0.717) is 12.2 Å².